The Bertz CT molecular complexity index is 795. The molecule has 0 spiro atoms. The van der Waals surface area contributed by atoms with E-state index in [-0.39, 0.29) is 18.2 Å². The number of rotatable bonds is 9. The van der Waals surface area contributed by atoms with Crippen LogP contribution in [-0.2, 0) is 9.47 Å². The van der Waals surface area contributed by atoms with Crippen molar-refractivity contribution in [3.05, 3.63) is 69.7 Å². The number of urea groups is 1. The van der Waals surface area contributed by atoms with Crippen LogP contribution in [-0.4, -0.2) is 49.9 Å². The summed E-state index contributed by atoms with van der Waals surface area (Å²) in [6, 6.07) is 15.1. The van der Waals surface area contributed by atoms with E-state index in [1.807, 2.05) is 55.5 Å². The highest BCUT2D eigenvalue weighted by molar-refractivity contribution is 6.31. The molecule has 1 aliphatic rings. The highest BCUT2D eigenvalue weighted by Crippen LogP contribution is 2.34. The topological polar surface area (TPSA) is 50.8 Å². The van der Waals surface area contributed by atoms with Crippen molar-refractivity contribution in [2.24, 2.45) is 0 Å². The highest BCUT2D eigenvalue weighted by atomic mass is 35.5. The summed E-state index contributed by atoms with van der Waals surface area (Å²) in [5.74, 6) is 0. The number of carbonyl (C=O) groups excluding carboxylic acids is 1. The molecule has 7 heteroatoms. The van der Waals surface area contributed by atoms with Crippen molar-refractivity contribution in [1.29, 1.82) is 0 Å². The fraction of sp³-hybridized carbons (Fsp3) is 0.409. The molecule has 2 aromatic carbocycles. The van der Waals surface area contributed by atoms with E-state index in [2.05, 4.69) is 5.32 Å². The Morgan fingerprint density at radius 2 is 1.90 bits per heavy atom. The Morgan fingerprint density at radius 3 is 2.59 bits per heavy atom. The summed E-state index contributed by atoms with van der Waals surface area (Å²) in [6.07, 6.45) is 0.432. The average Bonchev–Trinajstić information content (AvgIpc) is 2.69. The summed E-state index contributed by atoms with van der Waals surface area (Å²) in [7, 11) is 0. The van der Waals surface area contributed by atoms with Gasteiger partial charge in [0, 0.05) is 35.4 Å². The number of amides is 2. The number of hydrogen-bond acceptors (Lipinski definition) is 3. The van der Waals surface area contributed by atoms with Gasteiger partial charge in [-0.1, -0.05) is 53.5 Å². The normalized spacial score (nSPS) is 15.1. The molecule has 1 unspecified atom stereocenters. The van der Waals surface area contributed by atoms with Crippen LogP contribution in [0.15, 0.2) is 48.5 Å². The van der Waals surface area contributed by atoms with Gasteiger partial charge in [0.1, 0.15) is 6.10 Å². The lowest BCUT2D eigenvalue weighted by molar-refractivity contribution is -0.0645. The second kappa shape index (κ2) is 10.8. The molecule has 1 fully saturated rings. The largest absolute Gasteiger partial charge is 0.382 e. The molecule has 1 aliphatic heterocycles. The molecule has 0 radical (unpaired) electrons. The SMILES string of the molecule is CCOCCCNC(=O)N1CC(OC(c2ccc(Cl)cc2)c2ccccc2Cl)C1. The van der Waals surface area contributed by atoms with Crippen LogP contribution >= 0.6 is 23.2 Å². The molecule has 0 saturated carbocycles. The summed E-state index contributed by atoms with van der Waals surface area (Å²) in [5.41, 5.74) is 1.87. The number of likely N-dealkylation sites (tertiary alicyclic amines) is 1. The van der Waals surface area contributed by atoms with Gasteiger partial charge in [0.25, 0.3) is 0 Å². The first-order valence-corrected chi connectivity index (χ1v) is 10.6. The Balaban J connectivity index is 1.57. The van der Waals surface area contributed by atoms with Crippen molar-refractivity contribution in [3.63, 3.8) is 0 Å². The molecule has 5 nitrogen and oxygen atoms in total. The van der Waals surface area contributed by atoms with Gasteiger partial charge in [-0.3, -0.25) is 0 Å². The monoisotopic (exact) mass is 436 g/mol. The summed E-state index contributed by atoms with van der Waals surface area (Å²) in [5, 5.41) is 4.23. The quantitative estimate of drug-likeness (QED) is 0.567. The van der Waals surface area contributed by atoms with Gasteiger partial charge in [-0.25, -0.2) is 4.79 Å². The Kier molecular flexibility index (Phi) is 8.19. The van der Waals surface area contributed by atoms with E-state index in [0.717, 1.165) is 17.5 Å². The van der Waals surface area contributed by atoms with Gasteiger partial charge in [0.2, 0.25) is 0 Å². The van der Waals surface area contributed by atoms with E-state index >= 15 is 0 Å². The average molecular weight is 437 g/mol. The van der Waals surface area contributed by atoms with Gasteiger partial charge >= 0.3 is 6.03 Å². The van der Waals surface area contributed by atoms with E-state index in [9.17, 15) is 4.79 Å². The molecule has 2 amide bonds. The van der Waals surface area contributed by atoms with E-state index < -0.39 is 0 Å². The van der Waals surface area contributed by atoms with Crippen LogP contribution in [0.4, 0.5) is 4.79 Å². The Hall–Kier alpha value is -1.79. The summed E-state index contributed by atoms with van der Waals surface area (Å²) in [4.78, 5) is 14.0. The molecule has 0 aromatic heterocycles. The van der Waals surface area contributed by atoms with Crippen LogP contribution in [0.1, 0.15) is 30.6 Å². The number of halogens is 2. The first kappa shape index (κ1) is 21.9. The lowest BCUT2D eigenvalue weighted by Crippen LogP contribution is -2.58. The number of nitrogens with zero attached hydrogens (tertiary/aromatic N) is 1. The van der Waals surface area contributed by atoms with E-state index in [4.69, 9.17) is 32.7 Å². The van der Waals surface area contributed by atoms with Crippen LogP contribution in [0, 0.1) is 0 Å². The lowest BCUT2D eigenvalue weighted by Gasteiger charge is -2.40. The standard InChI is InChI=1S/C22H26Cl2N2O3/c1-2-28-13-5-12-25-22(27)26-14-18(15-26)29-21(16-8-10-17(23)11-9-16)19-6-3-4-7-20(19)24/h3-4,6-11,18,21H,2,5,12-15H2,1H3,(H,25,27). The molecule has 1 atom stereocenters. The van der Waals surface area contributed by atoms with Gasteiger partial charge in [0.15, 0.2) is 0 Å². The zero-order chi connectivity index (χ0) is 20.6. The van der Waals surface area contributed by atoms with Gasteiger partial charge in [-0.05, 0) is 37.1 Å². The van der Waals surface area contributed by atoms with E-state index in [1.165, 1.54) is 0 Å². The molecule has 0 aliphatic carbocycles. The highest BCUT2D eigenvalue weighted by Gasteiger charge is 2.34. The van der Waals surface area contributed by atoms with Gasteiger partial charge < -0.3 is 19.7 Å². The first-order chi connectivity index (χ1) is 14.1. The molecule has 0 bridgehead atoms. The van der Waals surface area contributed by atoms with Crippen LogP contribution < -0.4 is 5.32 Å². The predicted octanol–water partition coefficient (Wildman–Crippen LogP) is 4.92. The number of nitrogens with one attached hydrogen (secondary N) is 1. The first-order valence-electron chi connectivity index (χ1n) is 9.84. The molecule has 3 rings (SSSR count). The molecule has 1 saturated heterocycles. The predicted molar refractivity (Wildman–Crippen MR) is 116 cm³/mol. The van der Waals surface area contributed by atoms with Gasteiger partial charge in [-0.15, -0.1) is 0 Å². The summed E-state index contributed by atoms with van der Waals surface area (Å²) in [6.45, 7) is 5.01. The summed E-state index contributed by atoms with van der Waals surface area (Å²) >= 11 is 12.5. The number of benzene rings is 2. The lowest BCUT2D eigenvalue weighted by atomic mass is 10.0. The Morgan fingerprint density at radius 1 is 1.17 bits per heavy atom. The van der Waals surface area contributed by atoms with Crippen molar-refractivity contribution >= 4 is 29.2 Å². The fourth-order valence-electron chi connectivity index (χ4n) is 3.16. The molecule has 1 heterocycles. The summed E-state index contributed by atoms with van der Waals surface area (Å²) < 4.78 is 11.6. The van der Waals surface area contributed by atoms with Crippen LogP contribution in [0.3, 0.4) is 0 Å². The van der Waals surface area contributed by atoms with Crippen LogP contribution in [0.2, 0.25) is 10.0 Å². The van der Waals surface area contributed by atoms with Crippen LogP contribution in [0.5, 0.6) is 0 Å². The molecule has 2 aromatic rings. The molecular formula is C22H26Cl2N2O3. The number of carbonyl (C=O) groups is 1. The smallest absolute Gasteiger partial charge is 0.317 e. The molecular weight excluding hydrogens is 411 g/mol. The third-order valence-electron chi connectivity index (χ3n) is 4.77. The minimum atomic E-state index is -0.317. The fourth-order valence-corrected chi connectivity index (χ4v) is 3.53. The van der Waals surface area contributed by atoms with Crippen molar-refractivity contribution in [2.45, 2.75) is 25.6 Å². The van der Waals surface area contributed by atoms with Crippen molar-refractivity contribution < 1.29 is 14.3 Å². The maximum atomic E-state index is 12.2. The number of hydrogen-bond donors (Lipinski definition) is 1. The number of ether oxygens (including phenoxy) is 2. The second-order valence-electron chi connectivity index (χ2n) is 6.90. The molecule has 1 N–H and O–H groups in total. The minimum absolute atomic E-state index is 0.0545. The molecule has 156 valence electrons. The van der Waals surface area contributed by atoms with Crippen molar-refractivity contribution in [2.75, 3.05) is 32.8 Å². The zero-order valence-electron chi connectivity index (χ0n) is 16.4. The third-order valence-corrected chi connectivity index (χ3v) is 5.37. The Labute approximate surface area is 181 Å². The van der Waals surface area contributed by atoms with E-state index in [1.54, 1.807) is 4.90 Å². The maximum absolute atomic E-state index is 12.2. The van der Waals surface area contributed by atoms with Gasteiger partial charge in [0.05, 0.1) is 19.2 Å². The molecule has 29 heavy (non-hydrogen) atoms. The van der Waals surface area contributed by atoms with Crippen molar-refractivity contribution in [3.8, 4) is 0 Å². The third kappa shape index (κ3) is 6.09. The van der Waals surface area contributed by atoms with Crippen LogP contribution in [0.25, 0.3) is 0 Å². The minimum Gasteiger partial charge on any atom is -0.382 e. The van der Waals surface area contributed by atoms with Gasteiger partial charge in [-0.2, -0.15) is 0 Å². The second-order valence-corrected chi connectivity index (χ2v) is 7.74. The zero-order valence-corrected chi connectivity index (χ0v) is 18.0. The van der Waals surface area contributed by atoms with Crippen molar-refractivity contribution in [1.82, 2.24) is 10.2 Å². The maximum Gasteiger partial charge on any atom is 0.317 e. The van der Waals surface area contributed by atoms with E-state index in [0.29, 0.717) is 42.9 Å².